The Balaban J connectivity index is 1.99. The van der Waals surface area contributed by atoms with Gasteiger partial charge in [0.05, 0.1) is 12.5 Å². The first kappa shape index (κ1) is 11.6. The van der Waals surface area contributed by atoms with Crippen molar-refractivity contribution in [1.82, 2.24) is 9.97 Å². The summed E-state index contributed by atoms with van der Waals surface area (Å²) in [5.74, 6) is 0.308. The molecule has 0 amide bonds. The summed E-state index contributed by atoms with van der Waals surface area (Å²) in [6.45, 7) is 0.391. The van der Waals surface area contributed by atoms with Crippen molar-refractivity contribution in [2.45, 2.75) is 19.3 Å². The second-order valence-electron chi connectivity index (χ2n) is 4.24. The van der Waals surface area contributed by atoms with E-state index in [4.69, 9.17) is 9.84 Å². The van der Waals surface area contributed by atoms with Crippen molar-refractivity contribution >= 4 is 11.8 Å². The van der Waals surface area contributed by atoms with E-state index in [-0.39, 0.29) is 0 Å². The molecule has 0 spiro atoms. The highest BCUT2D eigenvalue weighted by atomic mass is 16.5. The van der Waals surface area contributed by atoms with E-state index in [0.29, 0.717) is 18.2 Å². The van der Waals surface area contributed by atoms with E-state index in [1.54, 1.807) is 6.07 Å². The lowest BCUT2D eigenvalue weighted by Crippen LogP contribution is -2.43. The molecule has 0 aliphatic heterocycles. The molecule has 0 atom stereocenters. The number of nitrogens with one attached hydrogen (secondary N) is 1. The first-order valence-electron chi connectivity index (χ1n) is 5.50. The second-order valence-corrected chi connectivity index (χ2v) is 4.24. The molecule has 6 nitrogen and oxygen atoms in total. The Kier molecular flexibility index (Phi) is 3.12. The van der Waals surface area contributed by atoms with Crippen LogP contribution in [0.15, 0.2) is 12.4 Å². The first-order valence-corrected chi connectivity index (χ1v) is 5.50. The summed E-state index contributed by atoms with van der Waals surface area (Å²) in [6.07, 6.45) is 3.80. The average Bonchev–Trinajstić information content (AvgIpc) is 2.27. The van der Waals surface area contributed by atoms with Gasteiger partial charge in [-0.2, -0.15) is 0 Å². The third kappa shape index (κ3) is 2.30. The third-order valence-corrected chi connectivity index (χ3v) is 3.22. The Bertz CT molecular complexity index is 418. The van der Waals surface area contributed by atoms with Crippen molar-refractivity contribution in [3.05, 3.63) is 12.4 Å². The van der Waals surface area contributed by atoms with Crippen LogP contribution < -0.4 is 10.1 Å². The fourth-order valence-electron chi connectivity index (χ4n) is 1.88. The SMILES string of the molecule is COc1cc(NCC2(C(=O)O)CCC2)ncn1. The summed E-state index contributed by atoms with van der Waals surface area (Å²) in [4.78, 5) is 19.0. The van der Waals surface area contributed by atoms with Crippen LogP contribution in [-0.4, -0.2) is 34.7 Å². The maximum atomic E-state index is 11.2. The van der Waals surface area contributed by atoms with Gasteiger partial charge in [-0.15, -0.1) is 0 Å². The van der Waals surface area contributed by atoms with E-state index in [9.17, 15) is 4.79 Å². The number of carbonyl (C=O) groups is 1. The largest absolute Gasteiger partial charge is 0.481 e. The zero-order valence-electron chi connectivity index (χ0n) is 9.64. The van der Waals surface area contributed by atoms with Gasteiger partial charge in [-0.05, 0) is 12.8 Å². The molecule has 2 rings (SSSR count). The molecule has 0 bridgehead atoms. The highest BCUT2D eigenvalue weighted by Crippen LogP contribution is 2.41. The van der Waals surface area contributed by atoms with E-state index in [1.807, 2.05) is 0 Å². The molecule has 2 N–H and O–H groups in total. The molecule has 1 saturated carbocycles. The van der Waals surface area contributed by atoms with Gasteiger partial charge in [-0.3, -0.25) is 4.79 Å². The van der Waals surface area contributed by atoms with Crippen LogP contribution in [0.25, 0.3) is 0 Å². The quantitative estimate of drug-likeness (QED) is 0.799. The Morgan fingerprint density at radius 2 is 2.35 bits per heavy atom. The van der Waals surface area contributed by atoms with E-state index in [2.05, 4.69) is 15.3 Å². The number of ether oxygens (including phenoxy) is 1. The highest BCUT2D eigenvalue weighted by Gasteiger charge is 2.44. The molecule has 0 unspecified atom stereocenters. The number of carboxylic acid groups (broad SMARTS) is 1. The van der Waals surface area contributed by atoms with Gasteiger partial charge < -0.3 is 15.2 Å². The molecule has 1 aliphatic carbocycles. The van der Waals surface area contributed by atoms with Crippen LogP contribution in [0.1, 0.15) is 19.3 Å². The van der Waals surface area contributed by atoms with Gasteiger partial charge in [0, 0.05) is 12.6 Å². The maximum absolute atomic E-state index is 11.2. The topological polar surface area (TPSA) is 84.3 Å². The fourth-order valence-corrected chi connectivity index (χ4v) is 1.88. The van der Waals surface area contributed by atoms with Gasteiger partial charge in [0.25, 0.3) is 0 Å². The summed E-state index contributed by atoms with van der Waals surface area (Å²) >= 11 is 0. The zero-order valence-corrected chi connectivity index (χ0v) is 9.64. The lowest BCUT2D eigenvalue weighted by Gasteiger charge is -2.37. The molecule has 0 saturated heterocycles. The minimum Gasteiger partial charge on any atom is -0.481 e. The minimum atomic E-state index is -0.739. The standard InChI is InChI=1S/C11H15N3O3/c1-17-9-5-8(13-7-14-9)12-6-11(10(15)16)3-2-4-11/h5,7H,2-4,6H2,1H3,(H,15,16)(H,12,13,14). The molecule has 6 heteroatoms. The number of rotatable bonds is 5. The number of anilines is 1. The number of aromatic nitrogens is 2. The van der Waals surface area contributed by atoms with Gasteiger partial charge in [0.1, 0.15) is 12.1 Å². The molecule has 1 heterocycles. The molecule has 0 aromatic carbocycles. The van der Waals surface area contributed by atoms with Gasteiger partial charge in [-0.1, -0.05) is 6.42 Å². The number of hydrogen-bond acceptors (Lipinski definition) is 5. The molecular weight excluding hydrogens is 222 g/mol. The highest BCUT2D eigenvalue weighted by molar-refractivity contribution is 5.76. The fraction of sp³-hybridized carbons (Fsp3) is 0.545. The number of methoxy groups -OCH3 is 1. The lowest BCUT2D eigenvalue weighted by atomic mass is 9.69. The van der Waals surface area contributed by atoms with Gasteiger partial charge in [0.2, 0.25) is 5.88 Å². The van der Waals surface area contributed by atoms with Crippen molar-refractivity contribution in [3.8, 4) is 5.88 Å². The lowest BCUT2D eigenvalue weighted by molar-refractivity contribution is -0.153. The maximum Gasteiger partial charge on any atom is 0.311 e. The van der Waals surface area contributed by atoms with Gasteiger partial charge >= 0.3 is 5.97 Å². The number of nitrogens with zero attached hydrogens (tertiary/aromatic N) is 2. The summed E-state index contributed by atoms with van der Waals surface area (Å²) < 4.78 is 4.97. The molecule has 17 heavy (non-hydrogen) atoms. The molecular formula is C11H15N3O3. The number of carboxylic acids is 1. The predicted molar refractivity (Wildman–Crippen MR) is 61.0 cm³/mol. The van der Waals surface area contributed by atoms with Crippen LogP contribution in [0.4, 0.5) is 5.82 Å². The first-order chi connectivity index (χ1) is 8.16. The number of aliphatic carboxylic acids is 1. The van der Waals surface area contributed by atoms with Crippen LogP contribution in [0.3, 0.4) is 0 Å². The zero-order chi connectivity index (χ0) is 12.3. The van der Waals surface area contributed by atoms with E-state index < -0.39 is 11.4 Å². The van der Waals surface area contributed by atoms with E-state index in [0.717, 1.165) is 19.3 Å². The molecule has 1 fully saturated rings. The van der Waals surface area contributed by atoms with Crippen LogP contribution in [-0.2, 0) is 4.79 Å². The molecule has 1 aromatic rings. The van der Waals surface area contributed by atoms with Crippen molar-refractivity contribution in [1.29, 1.82) is 0 Å². The Morgan fingerprint density at radius 3 is 2.88 bits per heavy atom. The Morgan fingerprint density at radius 1 is 1.59 bits per heavy atom. The predicted octanol–water partition coefficient (Wildman–Crippen LogP) is 1.15. The van der Waals surface area contributed by atoms with Crippen molar-refractivity contribution < 1.29 is 14.6 Å². The van der Waals surface area contributed by atoms with Crippen LogP contribution in [0, 0.1) is 5.41 Å². The third-order valence-electron chi connectivity index (χ3n) is 3.22. The van der Waals surface area contributed by atoms with Crippen LogP contribution in [0.2, 0.25) is 0 Å². The second kappa shape index (κ2) is 4.57. The summed E-state index contributed by atoms with van der Waals surface area (Å²) in [5, 5.41) is 12.2. The summed E-state index contributed by atoms with van der Waals surface area (Å²) in [7, 11) is 1.52. The summed E-state index contributed by atoms with van der Waals surface area (Å²) in [5.41, 5.74) is -0.627. The monoisotopic (exact) mass is 237 g/mol. The molecule has 1 aromatic heterocycles. The van der Waals surface area contributed by atoms with E-state index in [1.165, 1.54) is 13.4 Å². The number of hydrogen-bond donors (Lipinski definition) is 2. The van der Waals surface area contributed by atoms with Crippen molar-refractivity contribution in [3.63, 3.8) is 0 Å². The molecule has 0 radical (unpaired) electrons. The molecule has 1 aliphatic rings. The molecule has 92 valence electrons. The average molecular weight is 237 g/mol. The Labute approximate surface area is 99.0 Å². The normalized spacial score (nSPS) is 17.0. The van der Waals surface area contributed by atoms with Gasteiger partial charge in [0.15, 0.2) is 0 Å². The van der Waals surface area contributed by atoms with Crippen LogP contribution in [0.5, 0.6) is 5.88 Å². The van der Waals surface area contributed by atoms with E-state index >= 15 is 0 Å². The van der Waals surface area contributed by atoms with Crippen LogP contribution >= 0.6 is 0 Å². The minimum absolute atomic E-state index is 0.391. The van der Waals surface area contributed by atoms with Crippen molar-refractivity contribution in [2.75, 3.05) is 19.0 Å². The smallest absolute Gasteiger partial charge is 0.311 e. The Hall–Kier alpha value is -1.85. The van der Waals surface area contributed by atoms with Gasteiger partial charge in [-0.25, -0.2) is 9.97 Å². The van der Waals surface area contributed by atoms with Crippen molar-refractivity contribution in [2.24, 2.45) is 5.41 Å². The summed E-state index contributed by atoms with van der Waals surface area (Å²) in [6, 6.07) is 1.65.